The molecule has 0 spiro atoms. The van der Waals surface area contributed by atoms with Gasteiger partial charge in [0.2, 0.25) is 10.0 Å². The van der Waals surface area contributed by atoms with E-state index in [2.05, 4.69) is 9.46 Å². The van der Waals surface area contributed by atoms with Gasteiger partial charge in [0, 0.05) is 4.88 Å². The van der Waals surface area contributed by atoms with E-state index < -0.39 is 27.3 Å². The molecule has 0 amide bonds. The molecule has 0 aromatic carbocycles. The van der Waals surface area contributed by atoms with Crippen molar-refractivity contribution < 1.29 is 17.9 Å². The molecule has 1 N–H and O–H groups in total. The molecule has 1 aromatic rings. The molecule has 1 heterocycles. The Hall–Kier alpha value is -0.920. The van der Waals surface area contributed by atoms with E-state index in [1.54, 1.807) is 19.9 Å². The first-order valence-electron chi connectivity index (χ1n) is 5.48. The lowest BCUT2D eigenvalue weighted by Gasteiger charge is -2.18. The first-order chi connectivity index (χ1) is 8.36. The van der Waals surface area contributed by atoms with Crippen LogP contribution in [-0.4, -0.2) is 26.7 Å². The Morgan fingerprint density at radius 1 is 1.50 bits per heavy atom. The van der Waals surface area contributed by atoms with E-state index in [4.69, 9.17) is 0 Å². The highest BCUT2D eigenvalue weighted by molar-refractivity contribution is 7.90. The van der Waals surface area contributed by atoms with Crippen LogP contribution in [0.3, 0.4) is 0 Å². The number of hydrogen-bond acceptors (Lipinski definition) is 5. The molecule has 0 fully saturated rings. The van der Waals surface area contributed by atoms with Gasteiger partial charge in [0.1, 0.15) is 0 Å². The zero-order valence-electron chi connectivity index (χ0n) is 10.5. The molecule has 102 valence electrons. The number of thiophene rings is 1. The summed E-state index contributed by atoms with van der Waals surface area (Å²) in [5, 5.41) is 1.29. The van der Waals surface area contributed by atoms with Crippen LogP contribution in [-0.2, 0) is 19.6 Å². The Morgan fingerprint density at radius 2 is 2.17 bits per heavy atom. The van der Waals surface area contributed by atoms with Gasteiger partial charge < -0.3 is 4.74 Å². The highest BCUT2D eigenvalue weighted by atomic mass is 32.2. The molecule has 1 rings (SSSR count). The third kappa shape index (κ3) is 4.08. The van der Waals surface area contributed by atoms with Gasteiger partial charge in [0.05, 0.1) is 24.8 Å². The zero-order chi connectivity index (χ0) is 13.8. The van der Waals surface area contributed by atoms with E-state index >= 15 is 0 Å². The fraction of sp³-hybridized carbons (Fsp3) is 0.545. The Kier molecular flexibility index (Phi) is 5.30. The SMILES string of the molecule is COC(=O)CC(NS(=O)(=O)C(C)C)c1cccs1. The van der Waals surface area contributed by atoms with Crippen LogP contribution in [0.15, 0.2) is 17.5 Å². The smallest absolute Gasteiger partial charge is 0.307 e. The number of esters is 1. The van der Waals surface area contributed by atoms with Crippen molar-refractivity contribution in [1.82, 2.24) is 4.72 Å². The molecule has 0 aliphatic heterocycles. The fourth-order valence-corrected chi connectivity index (χ4v) is 3.01. The van der Waals surface area contributed by atoms with Crippen molar-refractivity contribution in [3.63, 3.8) is 0 Å². The molecular formula is C11H17NO4S2. The number of carbonyl (C=O) groups excluding carboxylic acids is 1. The summed E-state index contributed by atoms with van der Waals surface area (Å²) < 4.78 is 30.8. The highest BCUT2D eigenvalue weighted by Crippen LogP contribution is 2.23. The summed E-state index contributed by atoms with van der Waals surface area (Å²) in [6.07, 6.45) is -0.0109. The van der Waals surface area contributed by atoms with Gasteiger partial charge >= 0.3 is 5.97 Å². The van der Waals surface area contributed by atoms with Crippen LogP contribution in [0.1, 0.15) is 31.2 Å². The molecule has 0 saturated carbocycles. The summed E-state index contributed by atoms with van der Waals surface area (Å²) in [6.45, 7) is 3.18. The quantitative estimate of drug-likeness (QED) is 0.809. The Labute approximate surface area is 111 Å². The predicted octanol–water partition coefficient (Wildman–Crippen LogP) is 1.68. The molecule has 1 atom stereocenters. The fourth-order valence-electron chi connectivity index (χ4n) is 1.27. The molecule has 0 saturated heterocycles. The zero-order valence-corrected chi connectivity index (χ0v) is 12.2. The minimum atomic E-state index is -3.43. The topological polar surface area (TPSA) is 72.5 Å². The summed E-state index contributed by atoms with van der Waals surface area (Å²) in [5.74, 6) is -0.445. The molecule has 0 radical (unpaired) electrons. The van der Waals surface area contributed by atoms with Gasteiger partial charge in [-0.1, -0.05) is 6.07 Å². The first-order valence-corrected chi connectivity index (χ1v) is 7.90. The van der Waals surface area contributed by atoms with Crippen molar-refractivity contribution in [3.8, 4) is 0 Å². The number of ether oxygens (including phenoxy) is 1. The standard InChI is InChI=1S/C11H17NO4S2/c1-8(2)18(14,15)12-9(7-11(13)16-3)10-5-4-6-17-10/h4-6,8-9,12H,7H2,1-3H3. The predicted molar refractivity (Wildman–Crippen MR) is 70.9 cm³/mol. The normalized spacial score (nSPS) is 13.6. The summed E-state index contributed by atoms with van der Waals surface area (Å²) in [4.78, 5) is 12.1. The van der Waals surface area contributed by atoms with E-state index in [-0.39, 0.29) is 6.42 Å². The minimum absolute atomic E-state index is 0.0109. The van der Waals surface area contributed by atoms with Gasteiger partial charge in [0.25, 0.3) is 0 Å². The number of carbonyl (C=O) groups is 1. The van der Waals surface area contributed by atoms with Gasteiger partial charge in [-0.15, -0.1) is 11.3 Å². The average Bonchev–Trinajstić information content (AvgIpc) is 2.80. The van der Waals surface area contributed by atoms with Crippen LogP contribution < -0.4 is 4.72 Å². The Balaban J connectivity index is 2.89. The number of hydrogen-bond donors (Lipinski definition) is 1. The second-order valence-corrected chi connectivity index (χ2v) is 7.31. The van der Waals surface area contributed by atoms with E-state index in [1.807, 2.05) is 11.4 Å². The van der Waals surface area contributed by atoms with Crippen LogP contribution in [0.5, 0.6) is 0 Å². The molecule has 7 heteroatoms. The Morgan fingerprint density at radius 3 is 2.61 bits per heavy atom. The maximum Gasteiger partial charge on any atom is 0.307 e. The molecule has 18 heavy (non-hydrogen) atoms. The number of nitrogens with one attached hydrogen (secondary N) is 1. The van der Waals surface area contributed by atoms with Crippen LogP contribution in [0, 0.1) is 0 Å². The number of sulfonamides is 1. The van der Waals surface area contributed by atoms with Crippen molar-refractivity contribution >= 4 is 27.3 Å². The lowest BCUT2D eigenvalue weighted by molar-refractivity contribution is -0.141. The average molecular weight is 291 g/mol. The van der Waals surface area contributed by atoms with E-state index in [1.165, 1.54) is 18.4 Å². The highest BCUT2D eigenvalue weighted by Gasteiger charge is 2.25. The maximum absolute atomic E-state index is 11.8. The summed E-state index contributed by atoms with van der Waals surface area (Å²) in [7, 11) is -2.15. The molecule has 1 unspecified atom stereocenters. The first kappa shape index (κ1) is 15.1. The molecule has 0 bridgehead atoms. The third-order valence-electron chi connectivity index (χ3n) is 2.41. The van der Waals surface area contributed by atoms with Crippen LogP contribution in [0.25, 0.3) is 0 Å². The second kappa shape index (κ2) is 6.31. The van der Waals surface area contributed by atoms with Crippen molar-refractivity contribution in [1.29, 1.82) is 0 Å². The maximum atomic E-state index is 11.8. The van der Waals surface area contributed by atoms with Crippen molar-refractivity contribution in [2.45, 2.75) is 31.6 Å². The van der Waals surface area contributed by atoms with Crippen molar-refractivity contribution in [2.24, 2.45) is 0 Å². The van der Waals surface area contributed by atoms with E-state index in [0.29, 0.717) is 0 Å². The summed E-state index contributed by atoms with van der Waals surface area (Å²) in [5.41, 5.74) is 0. The lowest BCUT2D eigenvalue weighted by Crippen LogP contribution is -2.35. The summed E-state index contributed by atoms with van der Waals surface area (Å²) in [6, 6.07) is 3.04. The largest absolute Gasteiger partial charge is 0.469 e. The molecule has 5 nitrogen and oxygen atoms in total. The molecule has 1 aromatic heterocycles. The minimum Gasteiger partial charge on any atom is -0.469 e. The summed E-state index contributed by atoms with van der Waals surface area (Å²) >= 11 is 1.40. The molecular weight excluding hydrogens is 274 g/mol. The van der Waals surface area contributed by atoms with Gasteiger partial charge in [-0.3, -0.25) is 4.79 Å². The monoisotopic (exact) mass is 291 g/mol. The Bertz CT molecular complexity index is 479. The van der Waals surface area contributed by atoms with Gasteiger partial charge in [0.15, 0.2) is 0 Å². The second-order valence-electron chi connectivity index (χ2n) is 4.06. The van der Waals surface area contributed by atoms with Gasteiger partial charge in [-0.05, 0) is 25.3 Å². The lowest BCUT2D eigenvalue weighted by atomic mass is 10.2. The third-order valence-corrected chi connectivity index (χ3v) is 5.25. The van der Waals surface area contributed by atoms with Crippen molar-refractivity contribution in [2.75, 3.05) is 7.11 Å². The van der Waals surface area contributed by atoms with E-state index in [9.17, 15) is 13.2 Å². The van der Waals surface area contributed by atoms with Gasteiger partial charge in [-0.2, -0.15) is 0 Å². The van der Waals surface area contributed by atoms with E-state index in [0.717, 1.165) is 4.88 Å². The molecule has 0 aliphatic rings. The van der Waals surface area contributed by atoms with Crippen LogP contribution >= 0.6 is 11.3 Å². The number of methoxy groups -OCH3 is 1. The van der Waals surface area contributed by atoms with Crippen LogP contribution in [0.4, 0.5) is 0 Å². The number of rotatable bonds is 6. The van der Waals surface area contributed by atoms with Gasteiger partial charge in [-0.25, -0.2) is 13.1 Å². The van der Waals surface area contributed by atoms with Crippen LogP contribution in [0.2, 0.25) is 0 Å². The molecule has 0 aliphatic carbocycles. The van der Waals surface area contributed by atoms with Crippen molar-refractivity contribution in [3.05, 3.63) is 22.4 Å².